The van der Waals surface area contributed by atoms with Gasteiger partial charge in [0.2, 0.25) is 0 Å². The van der Waals surface area contributed by atoms with Gasteiger partial charge >= 0.3 is 7.60 Å². The van der Waals surface area contributed by atoms with Crippen LogP contribution in [0, 0.1) is 0 Å². The van der Waals surface area contributed by atoms with Crippen molar-refractivity contribution in [1.82, 2.24) is 0 Å². The summed E-state index contributed by atoms with van der Waals surface area (Å²) in [5.41, 5.74) is 1.19. The molecule has 0 fully saturated rings. The molecule has 0 atom stereocenters. The number of benzene rings is 2. The van der Waals surface area contributed by atoms with Gasteiger partial charge < -0.3 is 14.5 Å². The molecule has 0 heterocycles. The molecule has 0 amide bonds. The number of rotatable bonds is 7. The van der Waals surface area contributed by atoms with E-state index in [0.29, 0.717) is 16.9 Å². The molecule has 116 valence electrons. The van der Waals surface area contributed by atoms with Gasteiger partial charge in [0.05, 0.1) is 12.8 Å². The van der Waals surface area contributed by atoms with E-state index in [1.165, 1.54) is 0 Å². The minimum atomic E-state index is -3.97. The van der Waals surface area contributed by atoms with Crippen molar-refractivity contribution in [1.29, 1.82) is 0 Å². The Bertz CT molecular complexity index is 661. The molecule has 22 heavy (non-hydrogen) atoms. The summed E-state index contributed by atoms with van der Waals surface area (Å²) in [5, 5.41) is 0. The van der Waals surface area contributed by atoms with Crippen LogP contribution in [0.4, 0.5) is 0 Å². The molecule has 0 saturated heterocycles. The highest BCUT2D eigenvalue weighted by Crippen LogP contribution is 2.34. The van der Waals surface area contributed by atoms with Crippen molar-refractivity contribution in [3.05, 3.63) is 65.7 Å². The van der Waals surface area contributed by atoms with Crippen LogP contribution in [0.2, 0.25) is 0 Å². The van der Waals surface area contributed by atoms with E-state index in [4.69, 9.17) is 14.5 Å². The Kier molecular flexibility index (Phi) is 5.50. The molecule has 5 nitrogen and oxygen atoms in total. The van der Waals surface area contributed by atoms with Crippen LogP contribution in [0.15, 0.2) is 54.6 Å². The lowest BCUT2D eigenvalue weighted by atomic mass is 10.0. The van der Waals surface area contributed by atoms with Crippen LogP contribution in [0.5, 0.6) is 5.75 Å². The fourth-order valence-electron chi connectivity index (χ4n) is 1.92. The van der Waals surface area contributed by atoms with Gasteiger partial charge in [-0.1, -0.05) is 30.3 Å². The van der Waals surface area contributed by atoms with Crippen molar-refractivity contribution in [2.45, 2.75) is 6.42 Å². The van der Waals surface area contributed by atoms with E-state index in [1.807, 2.05) is 18.2 Å². The zero-order valence-electron chi connectivity index (χ0n) is 11.9. The third-order valence-electron chi connectivity index (χ3n) is 3.01. The predicted molar refractivity (Wildman–Crippen MR) is 83.3 cm³/mol. The Hall–Kier alpha value is -1.94. The van der Waals surface area contributed by atoms with E-state index in [9.17, 15) is 9.36 Å². The van der Waals surface area contributed by atoms with Crippen LogP contribution in [-0.4, -0.2) is 28.3 Å². The van der Waals surface area contributed by atoms with Crippen molar-refractivity contribution in [2.24, 2.45) is 0 Å². The molecule has 0 spiro atoms. The lowest BCUT2D eigenvalue weighted by Gasteiger charge is -2.08. The largest absolute Gasteiger partial charge is 0.494 e. The summed E-state index contributed by atoms with van der Waals surface area (Å²) in [6.07, 6.45) is 0.0759. The fourth-order valence-corrected chi connectivity index (χ4v) is 2.46. The summed E-state index contributed by atoms with van der Waals surface area (Å²) < 4.78 is 16.1. The standard InChI is InChI=1S/C16H17O5P/c17-16(13-5-2-1-3-6-13)14-7-9-15(10-8-14)21-11-4-12-22(18,19)20/h1-3,5-10H,4,11-12H2,(H2,18,19,20). The third kappa shape index (κ3) is 5.11. The zero-order chi connectivity index (χ0) is 16.0. The van der Waals surface area contributed by atoms with Gasteiger partial charge in [0.1, 0.15) is 5.75 Å². The van der Waals surface area contributed by atoms with Crippen molar-refractivity contribution < 1.29 is 23.9 Å². The highest BCUT2D eigenvalue weighted by Gasteiger charge is 2.12. The first-order valence-electron chi connectivity index (χ1n) is 6.83. The SMILES string of the molecule is O=C(c1ccccc1)c1ccc(OCCCP(=O)(O)O)cc1. The Morgan fingerprint density at radius 3 is 2.14 bits per heavy atom. The summed E-state index contributed by atoms with van der Waals surface area (Å²) in [5.74, 6) is 0.504. The zero-order valence-corrected chi connectivity index (χ0v) is 12.8. The maximum absolute atomic E-state index is 12.2. The van der Waals surface area contributed by atoms with Crippen molar-refractivity contribution in [3.8, 4) is 5.75 Å². The van der Waals surface area contributed by atoms with Crippen molar-refractivity contribution in [3.63, 3.8) is 0 Å². The van der Waals surface area contributed by atoms with Crippen LogP contribution in [-0.2, 0) is 4.57 Å². The summed E-state index contributed by atoms with van der Waals surface area (Å²) in [6, 6.07) is 15.7. The van der Waals surface area contributed by atoms with Crippen LogP contribution >= 0.6 is 7.60 Å². The van der Waals surface area contributed by atoms with Crippen molar-refractivity contribution in [2.75, 3.05) is 12.8 Å². The highest BCUT2D eigenvalue weighted by atomic mass is 31.2. The Balaban J connectivity index is 1.91. The first-order chi connectivity index (χ1) is 10.5. The molecule has 2 N–H and O–H groups in total. The number of carbonyl (C=O) groups is 1. The number of hydrogen-bond donors (Lipinski definition) is 2. The quantitative estimate of drug-likeness (QED) is 0.465. The van der Waals surface area contributed by atoms with Gasteiger partial charge in [-0.2, -0.15) is 0 Å². The van der Waals surface area contributed by atoms with Gasteiger partial charge in [0, 0.05) is 11.1 Å². The van der Waals surface area contributed by atoms with Gasteiger partial charge in [-0.05, 0) is 30.7 Å². The first-order valence-corrected chi connectivity index (χ1v) is 8.63. The van der Waals surface area contributed by atoms with E-state index < -0.39 is 7.60 Å². The Morgan fingerprint density at radius 2 is 1.55 bits per heavy atom. The van der Waals surface area contributed by atoms with Crippen LogP contribution in [0.1, 0.15) is 22.3 Å². The van der Waals surface area contributed by atoms with Crippen LogP contribution < -0.4 is 4.74 Å². The predicted octanol–water partition coefficient (Wildman–Crippen LogP) is 2.86. The molecule has 2 aromatic carbocycles. The maximum Gasteiger partial charge on any atom is 0.325 e. The monoisotopic (exact) mass is 320 g/mol. The Morgan fingerprint density at radius 1 is 0.955 bits per heavy atom. The topological polar surface area (TPSA) is 83.8 Å². The van der Waals surface area contributed by atoms with Crippen LogP contribution in [0.25, 0.3) is 0 Å². The van der Waals surface area contributed by atoms with E-state index >= 15 is 0 Å². The number of ether oxygens (including phenoxy) is 1. The molecule has 0 radical (unpaired) electrons. The van der Waals surface area contributed by atoms with Gasteiger partial charge in [-0.25, -0.2) is 0 Å². The van der Waals surface area contributed by atoms with Crippen molar-refractivity contribution >= 4 is 13.4 Å². The summed E-state index contributed by atoms with van der Waals surface area (Å²) in [7, 11) is -3.97. The average molecular weight is 320 g/mol. The first kappa shape index (κ1) is 16.4. The molecular formula is C16H17O5P. The van der Waals surface area contributed by atoms with Crippen LogP contribution in [0.3, 0.4) is 0 Å². The average Bonchev–Trinajstić information content (AvgIpc) is 2.51. The lowest BCUT2D eigenvalue weighted by Crippen LogP contribution is -2.03. The van der Waals surface area contributed by atoms with E-state index in [0.717, 1.165) is 0 Å². The van der Waals surface area contributed by atoms with E-state index in [2.05, 4.69) is 0 Å². The third-order valence-corrected chi connectivity index (χ3v) is 3.91. The molecule has 0 aliphatic carbocycles. The lowest BCUT2D eigenvalue weighted by molar-refractivity contribution is 0.103. The molecule has 0 aromatic heterocycles. The Labute approximate surface area is 128 Å². The van der Waals surface area contributed by atoms with Gasteiger partial charge in [-0.3, -0.25) is 9.36 Å². The smallest absolute Gasteiger partial charge is 0.325 e. The van der Waals surface area contributed by atoms with Gasteiger partial charge in [-0.15, -0.1) is 0 Å². The van der Waals surface area contributed by atoms with E-state index in [-0.39, 0.29) is 25.0 Å². The normalized spacial score (nSPS) is 11.2. The molecular weight excluding hydrogens is 303 g/mol. The molecule has 2 aromatic rings. The molecule has 0 aliphatic rings. The minimum Gasteiger partial charge on any atom is -0.494 e. The summed E-state index contributed by atoms with van der Waals surface area (Å²) >= 11 is 0. The minimum absolute atomic E-state index is 0.0614. The fraction of sp³-hybridized carbons (Fsp3) is 0.188. The molecule has 0 saturated carbocycles. The second-order valence-corrected chi connectivity index (χ2v) is 6.59. The second-order valence-electron chi connectivity index (χ2n) is 4.81. The molecule has 2 rings (SSSR count). The maximum atomic E-state index is 12.2. The highest BCUT2D eigenvalue weighted by molar-refractivity contribution is 7.51. The summed E-state index contributed by atoms with van der Waals surface area (Å²) in [4.78, 5) is 29.7. The number of hydrogen-bond acceptors (Lipinski definition) is 3. The van der Waals surface area contributed by atoms with Gasteiger partial charge in [0.15, 0.2) is 5.78 Å². The molecule has 0 aliphatic heterocycles. The molecule has 6 heteroatoms. The van der Waals surface area contributed by atoms with E-state index in [1.54, 1.807) is 36.4 Å². The number of carbonyl (C=O) groups excluding carboxylic acids is 1. The molecule has 0 bridgehead atoms. The summed E-state index contributed by atoms with van der Waals surface area (Å²) in [6.45, 7) is 0.219. The molecule has 0 unspecified atom stereocenters. The number of ketones is 1. The van der Waals surface area contributed by atoms with Gasteiger partial charge in [0.25, 0.3) is 0 Å². The second kappa shape index (κ2) is 7.36.